The number of rotatable bonds is 6. The van der Waals surface area contributed by atoms with Crippen molar-refractivity contribution in [1.82, 2.24) is 4.90 Å². The van der Waals surface area contributed by atoms with Crippen LogP contribution in [0, 0.1) is 5.92 Å². The number of nitrogens with zero attached hydrogens (tertiary/aromatic N) is 1. The fourth-order valence-electron chi connectivity index (χ4n) is 2.93. The van der Waals surface area contributed by atoms with Crippen molar-refractivity contribution >= 4 is 45.6 Å². The van der Waals surface area contributed by atoms with E-state index in [-0.39, 0.29) is 46.2 Å². The number of hydrogen-bond acceptors (Lipinski definition) is 8. The molecule has 1 amide bonds. The molecular formula is C18H21NO7S2. The monoisotopic (exact) mass is 427 g/mol. The van der Waals surface area contributed by atoms with Gasteiger partial charge < -0.3 is 20.2 Å². The second-order valence-electron chi connectivity index (χ2n) is 6.44. The van der Waals surface area contributed by atoms with Crippen molar-refractivity contribution in [3.63, 3.8) is 0 Å². The normalized spacial score (nSPS) is 16.0. The average Bonchev–Trinajstić information content (AvgIpc) is 2.60. The molecule has 8 nitrogen and oxygen atoms in total. The first kappa shape index (κ1) is 22.1. The predicted molar refractivity (Wildman–Crippen MR) is 105 cm³/mol. The molecule has 0 saturated carbocycles. The number of fused-ring (bicyclic) bond motifs is 1. The largest absolute Gasteiger partial charge is 0.504 e. The molecule has 0 spiro atoms. The second kappa shape index (κ2) is 9.33. The van der Waals surface area contributed by atoms with Crippen molar-refractivity contribution < 1.29 is 34.5 Å². The summed E-state index contributed by atoms with van der Waals surface area (Å²) in [6.07, 6.45) is -0.0172. The van der Waals surface area contributed by atoms with Crippen LogP contribution in [0.15, 0.2) is 12.1 Å². The van der Waals surface area contributed by atoms with Gasteiger partial charge in [-0.1, -0.05) is 23.5 Å². The molecule has 10 heteroatoms. The minimum absolute atomic E-state index is 0.0172. The van der Waals surface area contributed by atoms with Crippen LogP contribution in [0.2, 0.25) is 0 Å². The van der Waals surface area contributed by atoms with Gasteiger partial charge in [0.2, 0.25) is 5.91 Å². The van der Waals surface area contributed by atoms with Crippen molar-refractivity contribution in [3.05, 3.63) is 23.3 Å². The SMILES string of the molecule is CC(=O)SCC(CSC(C)=O)C(=O)N1Cc2cc(O)c(O)cc2CC1C(=O)O. The summed E-state index contributed by atoms with van der Waals surface area (Å²) in [6.45, 7) is 2.69. The van der Waals surface area contributed by atoms with Gasteiger partial charge >= 0.3 is 5.97 Å². The molecule has 2 rings (SSSR count). The molecule has 1 aromatic rings. The summed E-state index contributed by atoms with van der Waals surface area (Å²) in [5, 5.41) is 28.6. The molecule has 3 N–H and O–H groups in total. The van der Waals surface area contributed by atoms with Crippen molar-refractivity contribution in [2.75, 3.05) is 11.5 Å². The smallest absolute Gasteiger partial charge is 0.326 e. The number of benzene rings is 1. The number of carbonyl (C=O) groups is 4. The number of hydrogen-bond donors (Lipinski definition) is 3. The summed E-state index contributed by atoms with van der Waals surface area (Å²) < 4.78 is 0. The summed E-state index contributed by atoms with van der Waals surface area (Å²) in [7, 11) is 0. The van der Waals surface area contributed by atoms with Crippen molar-refractivity contribution in [2.45, 2.75) is 32.9 Å². The zero-order valence-electron chi connectivity index (χ0n) is 15.4. The summed E-state index contributed by atoms with van der Waals surface area (Å²) in [5.41, 5.74) is 1.08. The van der Waals surface area contributed by atoms with Gasteiger partial charge in [0.15, 0.2) is 21.7 Å². The molecule has 0 radical (unpaired) electrons. The summed E-state index contributed by atoms with van der Waals surface area (Å²) in [5.74, 6) is -2.78. The Morgan fingerprint density at radius 2 is 1.54 bits per heavy atom. The fourth-order valence-corrected chi connectivity index (χ4v) is 4.47. The third kappa shape index (κ3) is 5.41. The zero-order valence-corrected chi connectivity index (χ0v) is 17.0. The van der Waals surface area contributed by atoms with Gasteiger partial charge in [0.25, 0.3) is 0 Å². The van der Waals surface area contributed by atoms with Crippen LogP contribution in [-0.2, 0) is 32.1 Å². The Morgan fingerprint density at radius 3 is 2.00 bits per heavy atom. The lowest BCUT2D eigenvalue weighted by molar-refractivity contribution is -0.152. The summed E-state index contributed by atoms with van der Waals surface area (Å²) in [6, 6.07) is 1.47. The first-order valence-electron chi connectivity index (χ1n) is 8.43. The lowest BCUT2D eigenvalue weighted by atomic mass is 9.92. The highest BCUT2D eigenvalue weighted by Crippen LogP contribution is 2.34. The first-order chi connectivity index (χ1) is 13.1. The maximum Gasteiger partial charge on any atom is 0.326 e. The van der Waals surface area contributed by atoms with Crippen LogP contribution >= 0.6 is 23.5 Å². The van der Waals surface area contributed by atoms with Gasteiger partial charge in [0.05, 0.1) is 5.92 Å². The van der Waals surface area contributed by atoms with E-state index in [0.29, 0.717) is 11.1 Å². The number of carboxylic acid groups (broad SMARTS) is 1. The Bertz CT molecular complexity index is 793. The molecular weight excluding hydrogens is 406 g/mol. The third-order valence-electron chi connectivity index (χ3n) is 4.32. The molecule has 1 aliphatic heterocycles. The molecule has 0 fully saturated rings. The minimum atomic E-state index is -1.19. The lowest BCUT2D eigenvalue weighted by Crippen LogP contribution is -2.51. The number of amides is 1. The molecule has 0 aliphatic carbocycles. The quantitative estimate of drug-likeness (QED) is 0.579. The first-order valence-corrected chi connectivity index (χ1v) is 10.4. The predicted octanol–water partition coefficient (Wildman–Crippen LogP) is 1.61. The second-order valence-corrected chi connectivity index (χ2v) is 8.83. The molecule has 0 bridgehead atoms. The Kier molecular flexibility index (Phi) is 7.36. The van der Waals surface area contributed by atoms with Crippen LogP contribution in [0.3, 0.4) is 0 Å². The highest BCUT2D eigenvalue weighted by atomic mass is 32.2. The van der Waals surface area contributed by atoms with Crippen LogP contribution in [0.5, 0.6) is 11.5 Å². The van der Waals surface area contributed by atoms with Crippen LogP contribution in [0.25, 0.3) is 0 Å². The van der Waals surface area contributed by atoms with Crippen molar-refractivity contribution in [2.24, 2.45) is 5.92 Å². The van der Waals surface area contributed by atoms with Gasteiger partial charge in [-0.3, -0.25) is 14.4 Å². The number of phenolic OH excluding ortho intramolecular Hbond substituents is 2. The molecule has 28 heavy (non-hydrogen) atoms. The molecule has 0 aromatic heterocycles. The van der Waals surface area contributed by atoms with Crippen LogP contribution in [0.1, 0.15) is 25.0 Å². The lowest BCUT2D eigenvalue weighted by Gasteiger charge is -2.36. The van der Waals surface area contributed by atoms with Crippen molar-refractivity contribution in [1.29, 1.82) is 0 Å². The van der Waals surface area contributed by atoms with E-state index in [4.69, 9.17) is 0 Å². The maximum absolute atomic E-state index is 13.1. The Hall–Kier alpha value is -2.20. The topological polar surface area (TPSA) is 132 Å². The number of phenols is 2. The van der Waals surface area contributed by atoms with E-state index < -0.39 is 23.8 Å². The minimum Gasteiger partial charge on any atom is -0.504 e. The highest BCUT2D eigenvalue weighted by Gasteiger charge is 2.38. The van der Waals surface area contributed by atoms with Crippen LogP contribution in [-0.4, -0.2) is 59.9 Å². The van der Waals surface area contributed by atoms with Crippen molar-refractivity contribution in [3.8, 4) is 11.5 Å². The van der Waals surface area contributed by atoms with Crippen LogP contribution < -0.4 is 0 Å². The third-order valence-corrected chi connectivity index (χ3v) is 6.27. The fraction of sp³-hybridized carbons (Fsp3) is 0.444. The Balaban J connectivity index is 2.31. The highest BCUT2D eigenvalue weighted by molar-refractivity contribution is 8.14. The molecule has 1 aliphatic rings. The molecule has 1 unspecified atom stereocenters. The Morgan fingerprint density at radius 1 is 1.04 bits per heavy atom. The van der Waals surface area contributed by atoms with E-state index in [2.05, 4.69) is 0 Å². The van der Waals surface area contributed by atoms with Gasteiger partial charge in [-0.25, -0.2) is 4.79 Å². The number of aliphatic carboxylic acids is 1. The summed E-state index contributed by atoms with van der Waals surface area (Å²) >= 11 is 1.90. The zero-order chi connectivity index (χ0) is 21.0. The van der Waals surface area contributed by atoms with Gasteiger partial charge in [0.1, 0.15) is 6.04 Å². The average molecular weight is 428 g/mol. The van der Waals surface area contributed by atoms with Gasteiger partial charge in [0, 0.05) is 38.3 Å². The van der Waals surface area contributed by atoms with Gasteiger partial charge in [-0.05, 0) is 23.3 Å². The molecule has 1 aromatic carbocycles. The van der Waals surface area contributed by atoms with E-state index in [1.54, 1.807) is 0 Å². The maximum atomic E-state index is 13.1. The van der Waals surface area contributed by atoms with E-state index in [1.165, 1.54) is 30.9 Å². The Labute approximate surface area is 170 Å². The van der Waals surface area contributed by atoms with E-state index in [9.17, 15) is 34.5 Å². The van der Waals surface area contributed by atoms with E-state index in [1.807, 2.05) is 0 Å². The number of carbonyl (C=O) groups excluding carboxylic acids is 3. The molecule has 1 heterocycles. The number of aromatic hydroxyl groups is 2. The van der Waals surface area contributed by atoms with Gasteiger partial charge in [-0.15, -0.1) is 0 Å². The van der Waals surface area contributed by atoms with E-state index >= 15 is 0 Å². The standard InChI is InChI=1S/C18H21NO7S2/c1-9(20)27-7-13(8-28-10(2)21)17(24)19-6-12-5-16(23)15(22)4-11(12)3-14(19)18(25)26/h4-5,13-14,22-23H,3,6-8H2,1-2H3,(H,25,26). The number of carboxylic acids is 1. The van der Waals surface area contributed by atoms with Gasteiger partial charge in [-0.2, -0.15) is 0 Å². The molecule has 152 valence electrons. The summed E-state index contributed by atoms with van der Waals surface area (Å²) in [4.78, 5) is 48.7. The molecule has 1 atom stereocenters. The van der Waals surface area contributed by atoms with Crippen LogP contribution in [0.4, 0.5) is 0 Å². The number of thioether (sulfide) groups is 2. The molecule has 0 saturated heterocycles. The van der Waals surface area contributed by atoms with E-state index in [0.717, 1.165) is 23.5 Å².